The van der Waals surface area contributed by atoms with Crippen molar-refractivity contribution < 1.29 is 13.2 Å². The molecule has 0 saturated carbocycles. The molecule has 0 aromatic rings. The lowest BCUT2D eigenvalue weighted by Gasteiger charge is -2.39. The van der Waals surface area contributed by atoms with Crippen molar-refractivity contribution in [3.63, 3.8) is 0 Å². The van der Waals surface area contributed by atoms with Crippen LogP contribution in [-0.4, -0.2) is 79.7 Å². The number of nitrogens with zero attached hydrogens (tertiary/aromatic N) is 3. The van der Waals surface area contributed by atoms with Gasteiger partial charge < -0.3 is 10.2 Å². The van der Waals surface area contributed by atoms with E-state index in [0.717, 1.165) is 38.8 Å². The number of hydrogen-bond donors (Lipinski definition) is 1. The summed E-state index contributed by atoms with van der Waals surface area (Å²) in [4.78, 5) is 15.2. The second kappa shape index (κ2) is 10.7. The summed E-state index contributed by atoms with van der Waals surface area (Å²) in [6.07, 6.45) is 7.42. The Morgan fingerprint density at radius 1 is 0.933 bits per heavy atom. The lowest BCUT2D eigenvalue weighted by Crippen LogP contribution is -2.53. The molecule has 1 amide bonds. The Kier molecular flexibility index (Phi) is 8.58. The number of hydrogen-bond acceptors (Lipinski definition) is 4. The van der Waals surface area contributed by atoms with Gasteiger partial charge in [0.2, 0.25) is 5.91 Å². The number of likely N-dealkylation sites (tertiary alicyclic amines) is 1. The summed E-state index contributed by atoms with van der Waals surface area (Å²) in [5.41, 5.74) is 0. The van der Waals surface area contributed by atoms with Crippen LogP contribution in [0.4, 0.5) is 0 Å². The van der Waals surface area contributed by atoms with E-state index in [0.29, 0.717) is 50.6 Å². The molecule has 0 aromatic heterocycles. The summed E-state index contributed by atoms with van der Waals surface area (Å²) in [5, 5.41) is 3.07. The molecule has 3 aliphatic rings. The fourth-order valence-corrected chi connectivity index (χ4v) is 7.39. The highest BCUT2D eigenvalue weighted by Crippen LogP contribution is 2.27. The van der Waals surface area contributed by atoms with Gasteiger partial charge in [-0.1, -0.05) is 20.3 Å². The lowest BCUT2D eigenvalue weighted by molar-refractivity contribution is -0.126. The van der Waals surface area contributed by atoms with Gasteiger partial charge in [-0.2, -0.15) is 17.0 Å². The van der Waals surface area contributed by atoms with E-state index in [-0.39, 0.29) is 11.8 Å². The van der Waals surface area contributed by atoms with Crippen molar-refractivity contribution >= 4 is 16.1 Å². The van der Waals surface area contributed by atoms with Crippen LogP contribution < -0.4 is 5.32 Å². The molecule has 7 nitrogen and oxygen atoms in total. The number of carbonyl (C=O) groups is 1. The van der Waals surface area contributed by atoms with Crippen molar-refractivity contribution in [1.82, 2.24) is 18.8 Å². The standard InChI is InChI=1S/C22H42N4O3S/c1-18-14-19(2)16-26(15-18)30(28,29)25-13-6-9-21(17-25)22(27)23-10-7-12-24-11-5-4-8-20(24)3/h18-21H,4-17H2,1-3H3,(H,23,27)/t18-,19+,20-,21+/m1/s1. The molecular weight excluding hydrogens is 400 g/mol. The first-order valence-electron chi connectivity index (χ1n) is 12.0. The van der Waals surface area contributed by atoms with Crippen molar-refractivity contribution in [2.75, 3.05) is 45.8 Å². The Bertz CT molecular complexity index is 661. The molecule has 0 bridgehead atoms. The lowest BCUT2D eigenvalue weighted by atomic mass is 9.94. The average molecular weight is 443 g/mol. The molecule has 0 aromatic carbocycles. The molecule has 3 saturated heterocycles. The van der Waals surface area contributed by atoms with E-state index in [1.54, 1.807) is 8.61 Å². The minimum Gasteiger partial charge on any atom is -0.356 e. The first-order valence-corrected chi connectivity index (χ1v) is 13.4. The zero-order valence-corrected chi connectivity index (χ0v) is 20.0. The Labute approximate surface area is 183 Å². The smallest absolute Gasteiger partial charge is 0.282 e. The van der Waals surface area contributed by atoms with E-state index >= 15 is 0 Å². The van der Waals surface area contributed by atoms with Gasteiger partial charge in [0.05, 0.1) is 5.92 Å². The van der Waals surface area contributed by atoms with Gasteiger partial charge in [0.1, 0.15) is 0 Å². The molecule has 1 N–H and O–H groups in total. The molecule has 4 atom stereocenters. The number of piperidine rings is 3. The summed E-state index contributed by atoms with van der Waals surface area (Å²) < 4.78 is 29.6. The van der Waals surface area contributed by atoms with E-state index < -0.39 is 10.2 Å². The van der Waals surface area contributed by atoms with Crippen molar-refractivity contribution in [3.05, 3.63) is 0 Å². The average Bonchev–Trinajstić information content (AvgIpc) is 2.71. The van der Waals surface area contributed by atoms with E-state index in [9.17, 15) is 13.2 Å². The van der Waals surface area contributed by atoms with Crippen LogP contribution in [0.3, 0.4) is 0 Å². The molecule has 0 aliphatic carbocycles. The zero-order valence-electron chi connectivity index (χ0n) is 19.2. The summed E-state index contributed by atoms with van der Waals surface area (Å²) in [5.74, 6) is 0.550. The number of rotatable bonds is 7. The third kappa shape index (κ3) is 6.17. The van der Waals surface area contributed by atoms with Gasteiger partial charge in [0, 0.05) is 45.3 Å². The maximum absolute atomic E-state index is 13.2. The molecule has 3 heterocycles. The van der Waals surface area contributed by atoms with Crippen LogP contribution in [0.5, 0.6) is 0 Å². The zero-order chi connectivity index (χ0) is 21.7. The Hall–Kier alpha value is -0.700. The van der Waals surface area contributed by atoms with Gasteiger partial charge in [0.15, 0.2) is 0 Å². The predicted molar refractivity (Wildman–Crippen MR) is 120 cm³/mol. The molecule has 30 heavy (non-hydrogen) atoms. The first-order chi connectivity index (χ1) is 14.3. The van der Waals surface area contributed by atoms with Gasteiger partial charge in [-0.05, 0) is 63.8 Å². The minimum absolute atomic E-state index is 0.0157. The van der Waals surface area contributed by atoms with Crippen LogP contribution in [0.15, 0.2) is 0 Å². The number of nitrogens with one attached hydrogen (secondary N) is 1. The quantitative estimate of drug-likeness (QED) is 0.614. The van der Waals surface area contributed by atoms with E-state index in [1.165, 1.54) is 19.3 Å². The largest absolute Gasteiger partial charge is 0.356 e. The van der Waals surface area contributed by atoms with Crippen LogP contribution in [0.2, 0.25) is 0 Å². The van der Waals surface area contributed by atoms with Gasteiger partial charge in [-0.3, -0.25) is 4.79 Å². The first kappa shape index (κ1) is 24.0. The Morgan fingerprint density at radius 2 is 1.67 bits per heavy atom. The Morgan fingerprint density at radius 3 is 2.37 bits per heavy atom. The van der Waals surface area contributed by atoms with Gasteiger partial charge in [0.25, 0.3) is 10.2 Å². The number of amides is 1. The van der Waals surface area contributed by atoms with Gasteiger partial charge in [-0.15, -0.1) is 0 Å². The maximum atomic E-state index is 13.2. The topological polar surface area (TPSA) is 73.0 Å². The maximum Gasteiger partial charge on any atom is 0.282 e. The molecule has 8 heteroatoms. The SMILES string of the molecule is C[C@@H]1C[C@H](C)CN(S(=O)(=O)N2CCC[C@H](C(=O)NCCCN3CCCC[C@H]3C)C2)C1. The monoisotopic (exact) mass is 442 g/mol. The summed E-state index contributed by atoms with van der Waals surface area (Å²) >= 11 is 0. The fraction of sp³-hybridized carbons (Fsp3) is 0.955. The number of carbonyl (C=O) groups excluding carboxylic acids is 1. The third-order valence-electron chi connectivity index (χ3n) is 7.10. The van der Waals surface area contributed by atoms with Crippen molar-refractivity contribution in [2.45, 2.75) is 71.8 Å². The third-order valence-corrected chi connectivity index (χ3v) is 9.04. The summed E-state index contributed by atoms with van der Waals surface area (Å²) in [6.45, 7) is 11.4. The van der Waals surface area contributed by atoms with Crippen molar-refractivity contribution in [2.24, 2.45) is 17.8 Å². The minimum atomic E-state index is -3.48. The molecule has 3 rings (SSSR count). The summed E-state index contributed by atoms with van der Waals surface area (Å²) in [6, 6.07) is 0.645. The van der Waals surface area contributed by atoms with E-state index in [4.69, 9.17) is 0 Å². The normalized spacial score (nSPS) is 32.8. The van der Waals surface area contributed by atoms with Crippen LogP contribution in [0.25, 0.3) is 0 Å². The molecule has 3 fully saturated rings. The predicted octanol–water partition coefficient (Wildman–Crippen LogP) is 2.30. The molecular formula is C22H42N4O3S. The van der Waals surface area contributed by atoms with Crippen LogP contribution in [-0.2, 0) is 15.0 Å². The molecule has 174 valence electrons. The molecule has 0 unspecified atom stereocenters. The van der Waals surface area contributed by atoms with Gasteiger partial charge in [-0.25, -0.2) is 0 Å². The van der Waals surface area contributed by atoms with Crippen molar-refractivity contribution in [3.8, 4) is 0 Å². The highest BCUT2D eigenvalue weighted by atomic mass is 32.2. The van der Waals surface area contributed by atoms with Gasteiger partial charge >= 0.3 is 0 Å². The van der Waals surface area contributed by atoms with Crippen LogP contribution in [0.1, 0.15) is 65.7 Å². The molecule has 3 aliphatic heterocycles. The molecule has 0 radical (unpaired) electrons. The van der Waals surface area contributed by atoms with Crippen LogP contribution in [0, 0.1) is 17.8 Å². The highest BCUT2D eigenvalue weighted by Gasteiger charge is 2.38. The van der Waals surface area contributed by atoms with E-state index in [2.05, 4.69) is 31.0 Å². The summed E-state index contributed by atoms with van der Waals surface area (Å²) in [7, 11) is -3.48. The second-order valence-corrected chi connectivity index (χ2v) is 11.9. The van der Waals surface area contributed by atoms with E-state index in [1.807, 2.05) is 0 Å². The Balaban J connectivity index is 1.46. The van der Waals surface area contributed by atoms with Crippen LogP contribution >= 0.6 is 0 Å². The fourth-order valence-electron chi connectivity index (χ4n) is 5.45. The van der Waals surface area contributed by atoms with Crippen molar-refractivity contribution in [1.29, 1.82) is 0 Å². The molecule has 0 spiro atoms. The second-order valence-electron chi connectivity index (χ2n) is 9.99. The highest BCUT2D eigenvalue weighted by molar-refractivity contribution is 7.86.